The van der Waals surface area contributed by atoms with Crippen LogP contribution in [0.2, 0.25) is 0 Å². The van der Waals surface area contributed by atoms with Crippen LogP contribution in [-0.2, 0) is 40.7 Å². The zero-order valence-corrected chi connectivity index (χ0v) is 38.7. The number of ether oxygens (including phenoxy) is 3. The SMILES string of the molecule is CCCCCCCCCCCCCCCCCC(=O)OC(CC)C(=CC(=O)OCc1ccccc1)COC(=O)[C@@H](NC(c1ccccc1)(c1ccccc1)c1ccccc1)C(C)C. The molecule has 63 heavy (non-hydrogen) atoms. The lowest BCUT2D eigenvalue weighted by Gasteiger charge is -2.40. The summed E-state index contributed by atoms with van der Waals surface area (Å²) in [7, 11) is 0. The maximum atomic E-state index is 14.4. The van der Waals surface area contributed by atoms with E-state index in [1.165, 1.54) is 83.1 Å². The van der Waals surface area contributed by atoms with Gasteiger partial charge in [-0.05, 0) is 41.0 Å². The fourth-order valence-corrected chi connectivity index (χ4v) is 8.22. The van der Waals surface area contributed by atoms with Crippen molar-refractivity contribution >= 4 is 17.9 Å². The minimum Gasteiger partial charge on any atom is -0.460 e. The minimum atomic E-state index is -0.911. The number of rotatable bonds is 31. The van der Waals surface area contributed by atoms with Gasteiger partial charge in [0.2, 0.25) is 0 Å². The Morgan fingerprint density at radius 1 is 0.571 bits per heavy atom. The average Bonchev–Trinajstić information content (AvgIpc) is 3.31. The molecule has 0 aliphatic carbocycles. The van der Waals surface area contributed by atoms with Gasteiger partial charge in [-0.1, -0.05) is 239 Å². The van der Waals surface area contributed by atoms with Crippen LogP contribution in [0.25, 0.3) is 0 Å². The summed E-state index contributed by atoms with van der Waals surface area (Å²) in [6.45, 7) is 7.96. The Bertz CT molecular complexity index is 1780. The highest BCUT2D eigenvalue weighted by Gasteiger charge is 2.41. The van der Waals surface area contributed by atoms with E-state index in [2.05, 4.69) is 48.6 Å². The van der Waals surface area contributed by atoms with Gasteiger partial charge in [0.1, 0.15) is 25.4 Å². The average molecular weight is 858 g/mol. The predicted octanol–water partition coefficient (Wildman–Crippen LogP) is 13.4. The van der Waals surface area contributed by atoms with E-state index in [0.717, 1.165) is 41.5 Å². The number of hydrogen-bond acceptors (Lipinski definition) is 7. The monoisotopic (exact) mass is 858 g/mol. The van der Waals surface area contributed by atoms with Crippen molar-refractivity contribution in [3.05, 3.63) is 155 Å². The molecule has 0 spiro atoms. The third-order valence-corrected chi connectivity index (χ3v) is 11.9. The van der Waals surface area contributed by atoms with Gasteiger partial charge in [-0.15, -0.1) is 0 Å². The molecule has 4 aromatic carbocycles. The Kier molecular flexibility index (Phi) is 23.6. The normalized spacial score (nSPS) is 12.7. The number of nitrogens with one attached hydrogen (secondary N) is 1. The topological polar surface area (TPSA) is 90.9 Å². The van der Waals surface area contributed by atoms with Crippen LogP contribution in [0.4, 0.5) is 0 Å². The fourth-order valence-electron chi connectivity index (χ4n) is 8.22. The van der Waals surface area contributed by atoms with Gasteiger partial charge in [0, 0.05) is 18.1 Å². The zero-order chi connectivity index (χ0) is 45.0. The van der Waals surface area contributed by atoms with Crippen LogP contribution in [-0.4, -0.2) is 36.7 Å². The van der Waals surface area contributed by atoms with Crippen LogP contribution in [0.1, 0.15) is 159 Å². The van der Waals surface area contributed by atoms with Crippen LogP contribution in [0.15, 0.2) is 133 Å². The second kappa shape index (κ2) is 29.4. The lowest BCUT2D eigenvalue weighted by Crippen LogP contribution is -2.55. The molecular formula is C56H75NO6. The van der Waals surface area contributed by atoms with E-state index < -0.39 is 29.6 Å². The number of unbranched alkanes of at least 4 members (excludes halogenated alkanes) is 14. The first-order valence-electron chi connectivity index (χ1n) is 24.0. The first kappa shape index (κ1) is 50.6. The van der Waals surface area contributed by atoms with E-state index in [4.69, 9.17) is 14.2 Å². The van der Waals surface area contributed by atoms with Gasteiger partial charge >= 0.3 is 17.9 Å². The summed E-state index contributed by atoms with van der Waals surface area (Å²) < 4.78 is 17.8. The van der Waals surface area contributed by atoms with Gasteiger partial charge in [-0.3, -0.25) is 14.9 Å². The molecule has 1 unspecified atom stereocenters. The number of carbonyl (C=O) groups is 3. The van der Waals surface area contributed by atoms with E-state index in [9.17, 15) is 14.4 Å². The molecule has 0 aliphatic heterocycles. The van der Waals surface area contributed by atoms with Gasteiger partial charge in [0.05, 0.1) is 5.54 Å². The van der Waals surface area contributed by atoms with Crippen LogP contribution >= 0.6 is 0 Å². The number of carbonyl (C=O) groups excluding carboxylic acids is 3. The van der Waals surface area contributed by atoms with E-state index in [1.807, 2.05) is 106 Å². The van der Waals surface area contributed by atoms with Gasteiger partial charge in [-0.2, -0.15) is 0 Å². The van der Waals surface area contributed by atoms with Crippen molar-refractivity contribution in [2.45, 2.75) is 161 Å². The largest absolute Gasteiger partial charge is 0.460 e. The molecular weight excluding hydrogens is 783 g/mol. The molecule has 1 N–H and O–H groups in total. The molecule has 7 nitrogen and oxygen atoms in total. The summed E-state index contributed by atoms with van der Waals surface area (Å²) in [4.78, 5) is 41.0. The molecule has 0 saturated carbocycles. The van der Waals surface area contributed by atoms with E-state index >= 15 is 0 Å². The number of hydrogen-bond donors (Lipinski definition) is 1. The predicted molar refractivity (Wildman–Crippen MR) is 256 cm³/mol. The Labute approximate surface area is 379 Å². The molecule has 0 aliphatic rings. The third kappa shape index (κ3) is 17.6. The van der Waals surface area contributed by atoms with Crippen LogP contribution in [0, 0.1) is 5.92 Å². The minimum absolute atomic E-state index is 0.0822. The summed E-state index contributed by atoms with van der Waals surface area (Å²) in [6, 6.07) is 39.0. The van der Waals surface area contributed by atoms with E-state index in [1.54, 1.807) is 0 Å². The van der Waals surface area contributed by atoms with E-state index in [-0.39, 0.29) is 25.1 Å². The van der Waals surface area contributed by atoms with Crippen molar-refractivity contribution in [2.24, 2.45) is 5.92 Å². The summed E-state index contributed by atoms with van der Waals surface area (Å²) in [5.74, 6) is -1.60. The standard InChI is InChI=1S/C56H75NO6/c1-5-7-8-9-10-11-12-13-14-15-16-17-18-19-32-41-52(58)63-51(6-2)47(42-53(59)61-43-46-33-24-20-25-34-46)44-62-55(60)54(45(3)4)57-56(48-35-26-21-27-36-48,49-37-28-22-29-38-49)50-39-30-23-31-40-50/h20-31,33-40,42,45,51,54,57H,5-19,32,41,43-44H2,1-4H3/t51?,54-/m0/s1. The van der Waals surface area contributed by atoms with E-state index in [0.29, 0.717) is 18.4 Å². The molecule has 0 radical (unpaired) electrons. The third-order valence-electron chi connectivity index (χ3n) is 11.9. The Morgan fingerprint density at radius 3 is 1.43 bits per heavy atom. The molecule has 4 aromatic rings. The molecule has 2 atom stereocenters. The highest BCUT2D eigenvalue weighted by atomic mass is 16.6. The molecule has 0 amide bonds. The maximum absolute atomic E-state index is 14.4. The molecule has 0 heterocycles. The zero-order valence-electron chi connectivity index (χ0n) is 38.7. The van der Waals surface area contributed by atoms with Crippen molar-refractivity contribution in [1.29, 1.82) is 0 Å². The molecule has 0 fully saturated rings. The van der Waals surface area contributed by atoms with Gasteiger partial charge in [0.25, 0.3) is 0 Å². The molecule has 0 saturated heterocycles. The van der Waals surface area contributed by atoms with Crippen LogP contribution in [0.3, 0.4) is 0 Å². The smallest absolute Gasteiger partial charge is 0.331 e. The summed E-state index contributed by atoms with van der Waals surface area (Å²) >= 11 is 0. The summed E-state index contributed by atoms with van der Waals surface area (Å²) in [5, 5.41) is 3.78. The Morgan fingerprint density at radius 2 is 1.00 bits per heavy atom. The number of benzene rings is 4. The number of esters is 3. The Balaban J connectivity index is 1.41. The second-order valence-electron chi connectivity index (χ2n) is 17.2. The highest BCUT2D eigenvalue weighted by Crippen LogP contribution is 2.38. The van der Waals surface area contributed by atoms with Crippen molar-refractivity contribution in [2.75, 3.05) is 6.61 Å². The maximum Gasteiger partial charge on any atom is 0.331 e. The van der Waals surface area contributed by atoms with Crippen molar-refractivity contribution < 1.29 is 28.6 Å². The molecule has 4 rings (SSSR count). The molecule has 7 heteroatoms. The quantitative estimate of drug-likeness (QED) is 0.0177. The van der Waals surface area contributed by atoms with Gasteiger partial charge in [-0.25, -0.2) is 4.79 Å². The van der Waals surface area contributed by atoms with Gasteiger partial charge in [0.15, 0.2) is 0 Å². The Hall–Kier alpha value is -5.01. The first-order chi connectivity index (χ1) is 30.8. The fraction of sp³-hybridized carbons (Fsp3) is 0.482. The van der Waals surface area contributed by atoms with Crippen molar-refractivity contribution in [3.8, 4) is 0 Å². The highest BCUT2D eigenvalue weighted by molar-refractivity contribution is 5.83. The first-order valence-corrected chi connectivity index (χ1v) is 24.0. The molecule has 340 valence electrons. The molecule has 0 bridgehead atoms. The lowest BCUT2D eigenvalue weighted by atomic mass is 9.76. The van der Waals surface area contributed by atoms with Crippen molar-refractivity contribution in [1.82, 2.24) is 5.32 Å². The molecule has 0 aromatic heterocycles. The summed E-state index contributed by atoms with van der Waals surface area (Å²) in [5.41, 5.74) is 3.21. The summed E-state index contributed by atoms with van der Waals surface area (Å²) in [6.07, 6.45) is 20.0. The van der Waals surface area contributed by atoms with Gasteiger partial charge < -0.3 is 14.2 Å². The van der Waals surface area contributed by atoms with Crippen LogP contribution < -0.4 is 5.32 Å². The lowest BCUT2D eigenvalue weighted by molar-refractivity contribution is -0.150. The van der Waals surface area contributed by atoms with Crippen molar-refractivity contribution in [3.63, 3.8) is 0 Å². The second-order valence-corrected chi connectivity index (χ2v) is 17.2. The van der Waals surface area contributed by atoms with Crippen LogP contribution in [0.5, 0.6) is 0 Å².